The molecule has 2 amide bonds. The number of aromatic nitrogens is 1. The third-order valence-corrected chi connectivity index (χ3v) is 4.40. The van der Waals surface area contributed by atoms with Crippen LogP contribution in [-0.4, -0.2) is 35.2 Å². The summed E-state index contributed by atoms with van der Waals surface area (Å²) in [5.41, 5.74) is 1.74. The summed E-state index contributed by atoms with van der Waals surface area (Å²) >= 11 is 5.19. The number of nitrogens with zero attached hydrogens (tertiary/aromatic N) is 3. The van der Waals surface area contributed by atoms with Crippen molar-refractivity contribution in [3.05, 3.63) is 48.2 Å². The van der Waals surface area contributed by atoms with E-state index < -0.39 is 17.7 Å². The maximum Gasteiger partial charge on any atom is 0.251 e. The molecule has 8 heteroatoms. The summed E-state index contributed by atoms with van der Waals surface area (Å²) in [6.45, 7) is 2.05. The Hall–Kier alpha value is -3.13. The van der Waals surface area contributed by atoms with Gasteiger partial charge in [-0.15, -0.1) is 0 Å². The number of carbonyl (C=O) groups excluding carboxylic acids is 2. The Kier molecular flexibility index (Phi) is 5.56. The average molecular weight is 382 g/mol. The molecule has 1 aliphatic rings. The molecule has 0 aliphatic carbocycles. The normalized spacial score (nSPS) is 17.3. The van der Waals surface area contributed by atoms with Crippen LogP contribution in [0.25, 0.3) is 0 Å². The molecule has 1 fully saturated rings. The maximum absolute atomic E-state index is 12.9. The second-order valence-corrected chi connectivity index (χ2v) is 6.19. The van der Waals surface area contributed by atoms with Crippen LogP contribution in [0.3, 0.4) is 0 Å². The van der Waals surface area contributed by atoms with Gasteiger partial charge in [0.15, 0.2) is 16.8 Å². The van der Waals surface area contributed by atoms with E-state index in [-0.39, 0.29) is 5.11 Å². The molecule has 0 spiro atoms. The van der Waals surface area contributed by atoms with E-state index in [4.69, 9.17) is 17.0 Å². The second-order valence-electron chi connectivity index (χ2n) is 5.80. The van der Waals surface area contributed by atoms with Crippen molar-refractivity contribution in [1.82, 2.24) is 10.3 Å². The highest BCUT2D eigenvalue weighted by Crippen LogP contribution is 2.22. The van der Waals surface area contributed by atoms with E-state index in [2.05, 4.69) is 15.3 Å². The maximum atomic E-state index is 12.9. The molecule has 1 aliphatic heterocycles. The van der Waals surface area contributed by atoms with Gasteiger partial charge in [-0.1, -0.05) is 19.1 Å². The van der Waals surface area contributed by atoms with Crippen LogP contribution >= 0.6 is 12.2 Å². The first-order chi connectivity index (χ1) is 13.0. The third-order valence-electron chi connectivity index (χ3n) is 4.12. The van der Waals surface area contributed by atoms with E-state index >= 15 is 0 Å². The first-order valence-corrected chi connectivity index (χ1v) is 8.76. The SMILES string of the molecule is CCc1ccc(N2C(=O)[C@@H](C=Nc3ccc(OC)cn3)C(=O)NC2=S)cc1. The van der Waals surface area contributed by atoms with Gasteiger partial charge in [0.25, 0.3) is 5.91 Å². The quantitative estimate of drug-likeness (QED) is 0.488. The van der Waals surface area contributed by atoms with Crippen LogP contribution in [-0.2, 0) is 16.0 Å². The number of methoxy groups -OCH3 is 1. The van der Waals surface area contributed by atoms with Crippen molar-refractivity contribution in [3.8, 4) is 5.75 Å². The molecular weight excluding hydrogens is 364 g/mol. The molecule has 1 saturated heterocycles. The minimum absolute atomic E-state index is 0.0569. The Morgan fingerprint density at radius 1 is 1.26 bits per heavy atom. The first kappa shape index (κ1) is 18.7. The molecule has 1 aromatic heterocycles. The Morgan fingerprint density at radius 3 is 2.59 bits per heavy atom. The summed E-state index contributed by atoms with van der Waals surface area (Å²) < 4.78 is 5.04. The smallest absolute Gasteiger partial charge is 0.251 e. The first-order valence-electron chi connectivity index (χ1n) is 8.35. The summed E-state index contributed by atoms with van der Waals surface area (Å²) in [5, 5.41) is 2.61. The molecule has 138 valence electrons. The van der Waals surface area contributed by atoms with Gasteiger partial charge in [-0.25, -0.2) is 9.98 Å². The monoisotopic (exact) mass is 382 g/mol. The summed E-state index contributed by atoms with van der Waals surface area (Å²) in [5.74, 6) is -1.10. The lowest BCUT2D eigenvalue weighted by atomic mass is 10.1. The molecule has 0 bridgehead atoms. The third kappa shape index (κ3) is 4.01. The zero-order valence-electron chi connectivity index (χ0n) is 14.9. The summed E-state index contributed by atoms with van der Waals surface area (Å²) in [7, 11) is 1.54. The number of aliphatic imine (C=N–C) groups is 1. The Balaban J connectivity index is 1.83. The molecule has 27 heavy (non-hydrogen) atoms. The Labute approximate surface area is 162 Å². The van der Waals surface area contributed by atoms with Crippen molar-refractivity contribution >= 4 is 46.9 Å². The fourth-order valence-corrected chi connectivity index (χ4v) is 2.86. The number of hydrogen-bond donors (Lipinski definition) is 1. The summed E-state index contributed by atoms with van der Waals surface area (Å²) in [6, 6.07) is 10.8. The van der Waals surface area contributed by atoms with Crippen LogP contribution in [0.4, 0.5) is 11.5 Å². The van der Waals surface area contributed by atoms with Gasteiger partial charge in [0, 0.05) is 6.21 Å². The van der Waals surface area contributed by atoms with E-state index in [9.17, 15) is 9.59 Å². The molecule has 7 nitrogen and oxygen atoms in total. The number of amides is 2. The molecule has 0 unspecified atom stereocenters. The fourth-order valence-electron chi connectivity index (χ4n) is 2.57. The Bertz CT molecular complexity index is 894. The average Bonchev–Trinajstić information content (AvgIpc) is 2.68. The van der Waals surface area contributed by atoms with Crippen LogP contribution in [0, 0.1) is 5.92 Å². The van der Waals surface area contributed by atoms with Crippen molar-refractivity contribution in [2.75, 3.05) is 12.0 Å². The van der Waals surface area contributed by atoms with Crippen LogP contribution in [0.1, 0.15) is 12.5 Å². The summed E-state index contributed by atoms with van der Waals surface area (Å²) in [6.07, 6.45) is 3.67. The lowest BCUT2D eigenvalue weighted by Crippen LogP contribution is -2.58. The second kappa shape index (κ2) is 8.05. The minimum atomic E-state index is -1.09. The lowest BCUT2D eigenvalue weighted by molar-refractivity contribution is -0.130. The van der Waals surface area contributed by atoms with Crippen molar-refractivity contribution in [1.29, 1.82) is 0 Å². The number of thiocarbonyl (C=S) groups is 1. The van der Waals surface area contributed by atoms with Gasteiger partial charge in [0.2, 0.25) is 5.91 Å². The van der Waals surface area contributed by atoms with Crippen LogP contribution in [0.2, 0.25) is 0 Å². The number of aryl methyl sites for hydroxylation is 1. The predicted molar refractivity (Wildman–Crippen MR) is 106 cm³/mol. The van der Waals surface area contributed by atoms with Crippen LogP contribution in [0.5, 0.6) is 5.75 Å². The molecule has 0 radical (unpaired) electrons. The van der Waals surface area contributed by atoms with Crippen molar-refractivity contribution in [3.63, 3.8) is 0 Å². The molecule has 1 atom stereocenters. The number of anilines is 1. The van der Waals surface area contributed by atoms with Gasteiger partial charge in [-0.05, 0) is 48.5 Å². The van der Waals surface area contributed by atoms with Crippen LogP contribution < -0.4 is 15.0 Å². The van der Waals surface area contributed by atoms with Gasteiger partial charge in [0.05, 0.1) is 19.0 Å². The number of benzene rings is 1. The minimum Gasteiger partial charge on any atom is -0.495 e. The zero-order chi connectivity index (χ0) is 19.4. The number of ether oxygens (including phenoxy) is 1. The fraction of sp³-hybridized carbons (Fsp3) is 0.211. The topological polar surface area (TPSA) is 83.9 Å². The standard InChI is InChI=1S/C19H18N4O3S/c1-3-12-4-6-13(7-5-12)23-18(25)15(17(24)22-19(23)27)11-21-16-9-8-14(26-2)10-20-16/h4-11,15H,3H2,1-2H3,(H,22,24,27)/t15-/m0/s1. The van der Waals surface area contributed by atoms with E-state index in [0.29, 0.717) is 17.3 Å². The van der Waals surface area contributed by atoms with E-state index in [0.717, 1.165) is 12.0 Å². The van der Waals surface area contributed by atoms with E-state index in [1.165, 1.54) is 24.4 Å². The van der Waals surface area contributed by atoms with Crippen molar-refractivity contribution < 1.29 is 14.3 Å². The molecule has 2 heterocycles. The van der Waals surface area contributed by atoms with E-state index in [1.807, 2.05) is 19.1 Å². The van der Waals surface area contributed by atoms with Gasteiger partial charge < -0.3 is 10.1 Å². The highest BCUT2D eigenvalue weighted by molar-refractivity contribution is 7.80. The van der Waals surface area contributed by atoms with Crippen molar-refractivity contribution in [2.45, 2.75) is 13.3 Å². The molecule has 0 saturated carbocycles. The predicted octanol–water partition coefficient (Wildman–Crippen LogP) is 2.42. The number of nitrogens with one attached hydrogen (secondary N) is 1. The van der Waals surface area contributed by atoms with Gasteiger partial charge >= 0.3 is 0 Å². The van der Waals surface area contributed by atoms with Gasteiger partial charge in [0.1, 0.15) is 5.75 Å². The van der Waals surface area contributed by atoms with Gasteiger partial charge in [-0.3, -0.25) is 14.5 Å². The molecule has 2 aromatic rings. The number of rotatable bonds is 5. The lowest BCUT2D eigenvalue weighted by Gasteiger charge is -2.31. The van der Waals surface area contributed by atoms with E-state index in [1.54, 1.807) is 24.3 Å². The Morgan fingerprint density at radius 2 is 2.00 bits per heavy atom. The number of carbonyl (C=O) groups is 2. The van der Waals surface area contributed by atoms with Gasteiger partial charge in [-0.2, -0.15) is 0 Å². The summed E-state index contributed by atoms with van der Waals surface area (Å²) in [4.78, 5) is 34.7. The van der Waals surface area contributed by atoms with Crippen LogP contribution in [0.15, 0.2) is 47.6 Å². The molecule has 3 rings (SSSR count). The number of hydrogen-bond acceptors (Lipinski definition) is 6. The zero-order valence-corrected chi connectivity index (χ0v) is 15.7. The highest BCUT2D eigenvalue weighted by atomic mass is 32.1. The van der Waals surface area contributed by atoms with Crippen molar-refractivity contribution in [2.24, 2.45) is 10.9 Å². The molecule has 1 N–H and O–H groups in total. The molecule has 1 aromatic carbocycles. The highest BCUT2D eigenvalue weighted by Gasteiger charge is 2.38. The molecular formula is C19H18N4O3S. The largest absolute Gasteiger partial charge is 0.495 e. The number of pyridine rings is 1.